The molecule has 4 rings (SSSR count). The lowest BCUT2D eigenvalue weighted by Crippen LogP contribution is -2.34. The van der Waals surface area contributed by atoms with Gasteiger partial charge < -0.3 is 15.0 Å². The minimum Gasteiger partial charge on any atom is -0.457 e. The molecule has 0 aliphatic heterocycles. The topological polar surface area (TPSA) is 54.5 Å². The normalized spacial score (nSPS) is 10.7. The van der Waals surface area contributed by atoms with Crippen LogP contribution < -0.4 is 10.1 Å². The highest BCUT2D eigenvalue weighted by atomic mass is 32.2. The molecule has 0 aliphatic carbocycles. The molecular weight excluding hydrogens is 505 g/mol. The van der Waals surface area contributed by atoms with Crippen molar-refractivity contribution in [3.63, 3.8) is 0 Å². The number of urea groups is 1. The molecule has 0 unspecified atom stereocenters. The van der Waals surface area contributed by atoms with Gasteiger partial charge >= 0.3 is 6.03 Å². The van der Waals surface area contributed by atoms with Gasteiger partial charge in [-0.05, 0) is 73.0 Å². The number of hydrogen-bond donors (Lipinski definition) is 1. The highest BCUT2D eigenvalue weighted by molar-refractivity contribution is 7.99. The van der Waals surface area contributed by atoms with Crippen LogP contribution in [0.4, 0.5) is 14.9 Å². The molecule has 1 heterocycles. The first-order valence-corrected chi connectivity index (χ1v) is 14.1. The molecule has 0 atom stereocenters. The van der Waals surface area contributed by atoms with E-state index in [1.54, 1.807) is 28.8 Å². The number of benzene rings is 3. The third-order valence-electron chi connectivity index (χ3n) is 5.55. The van der Waals surface area contributed by atoms with Crippen LogP contribution in [0, 0.1) is 12.7 Å². The van der Waals surface area contributed by atoms with Crippen LogP contribution in [0.1, 0.15) is 16.8 Å². The van der Waals surface area contributed by atoms with Crippen LogP contribution in [0.5, 0.6) is 11.5 Å². The van der Waals surface area contributed by atoms with Crippen molar-refractivity contribution in [2.24, 2.45) is 0 Å². The second kappa shape index (κ2) is 12.7. The van der Waals surface area contributed by atoms with Crippen LogP contribution in [-0.4, -0.2) is 28.4 Å². The molecule has 0 saturated carbocycles. The maximum absolute atomic E-state index is 13.7. The number of aromatic nitrogens is 1. The number of carbonyl (C=O) groups excluding carboxylic acids is 1. The number of ether oxygens (including phenoxy) is 1. The molecule has 0 radical (unpaired) electrons. The van der Waals surface area contributed by atoms with Crippen LogP contribution in [0.3, 0.4) is 0 Å². The van der Waals surface area contributed by atoms with Gasteiger partial charge in [0.1, 0.15) is 22.3 Å². The lowest BCUT2D eigenvalue weighted by molar-refractivity contribution is 0.206. The van der Waals surface area contributed by atoms with E-state index in [-0.39, 0.29) is 11.8 Å². The Bertz CT molecular complexity index is 1330. The van der Waals surface area contributed by atoms with Gasteiger partial charge in [0, 0.05) is 23.7 Å². The number of aryl methyl sites for hydroxylation is 1. The second-order valence-electron chi connectivity index (χ2n) is 8.33. The van der Waals surface area contributed by atoms with E-state index < -0.39 is 0 Å². The average Bonchev–Trinajstić information content (AvgIpc) is 2.91. The number of hydrogen-bond acceptors (Lipinski definition) is 5. The SMILES string of the molecule is CSc1cc(C)nc(SC)c1NC(=O)N(Cc1ccccc1)Cc1cccc(Oc2ccc(F)cc2)c1. The summed E-state index contributed by atoms with van der Waals surface area (Å²) in [4.78, 5) is 21.0. The fraction of sp³-hybridized carbons (Fsp3) is 0.172. The Morgan fingerprint density at radius 1 is 0.892 bits per heavy atom. The zero-order chi connectivity index (χ0) is 26.2. The summed E-state index contributed by atoms with van der Waals surface area (Å²) in [6.07, 6.45) is 3.94. The summed E-state index contributed by atoms with van der Waals surface area (Å²) in [7, 11) is 0. The van der Waals surface area contributed by atoms with Gasteiger partial charge in [0.2, 0.25) is 0 Å². The van der Waals surface area contributed by atoms with E-state index in [0.717, 1.165) is 32.4 Å². The Morgan fingerprint density at radius 2 is 1.59 bits per heavy atom. The molecule has 1 aromatic heterocycles. The number of pyridine rings is 1. The first kappa shape index (κ1) is 26.6. The van der Waals surface area contributed by atoms with Gasteiger partial charge in [0.05, 0.1) is 5.69 Å². The zero-order valence-corrected chi connectivity index (χ0v) is 22.5. The summed E-state index contributed by atoms with van der Waals surface area (Å²) < 4.78 is 19.2. The minimum atomic E-state index is -0.318. The van der Waals surface area contributed by atoms with Crippen LogP contribution in [0.15, 0.2) is 94.9 Å². The molecule has 5 nitrogen and oxygen atoms in total. The Kier molecular flexibility index (Phi) is 9.09. The number of halogens is 1. The maximum Gasteiger partial charge on any atom is 0.322 e. The van der Waals surface area contributed by atoms with Crippen LogP contribution in [0.25, 0.3) is 0 Å². The number of thioether (sulfide) groups is 2. The van der Waals surface area contributed by atoms with E-state index >= 15 is 0 Å². The van der Waals surface area contributed by atoms with Crippen molar-refractivity contribution < 1.29 is 13.9 Å². The van der Waals surface area contributed by atoms with Crippen molar-refractivity contribution >= 4 is 35.2 Å². The molecule has 0 fully saturated rings. The summed E-state index contributed by atoms with van der Waals surface area (Å²) in [5, 5.41) is 3.91. The van der Waals surface area contributed by atoms with Crippen LogP contribution >= 0.6 is 23.5 Å². The van der Waals surface area contributed by atoms with Gasteiger partial charge in [-0.1, -0.05) is 42.5 Å². The molecule has 0 aliphatic rings. The standard InChI is InChI=1S/C29H28FN3O2S2/c1-20-16-26(36-2)27(28(31-20)37-3)32-29(34)33(18-21-8-5-4-6-9-21)19-22-10-7-11-25(17-22)35-24-14-12-23(30)13-15-24/h4-17H,18-19H2,1-3H3,(H,32,34). The lowest BCUT2D eigenvalue weighted by atomic mass is 10.1. The Hall–Kier alpha value is -3.49. The van der Waals surface area contributed by atoms with Crippen molar-refractivity contribution in [1.29, 1.82) is 0 Å². The lowest BCUT2D eigenvalue weighted by Gasteiger charge is -2.25. The Balaban J connectivity index is 1.59. The molecule has 2 amide bonds. The highest BCUT2D eigenvalue weighted by Crippen LogP contribution is 2.34. The molecule has 0 saturated heterocycles. The van der Waals surface area contributed by atoms with Crippen molar-refractivity contribution in [2.45, 2.75) is 29.9 Å². The molecule has 3 aromatic carbocycles. The molecule has 0 spiro atoms. The quantitative estimate of drug-likeness (QED) is 0.221. The number of nitrogens with zero attached hydrogens (tertiary/aromatic N) is 2. The van der Waals surface area contributed by atoms with E-state index in [9.17, 15) is 9.18 Å². The zero-order valence-electron chi connectivity index (χ0n) is 20.9. The van der Waals surface area contributed by atoms with Gasteiger partial charge in [0.15, 0.2) is 0 Å². The molecular formula is C29H28FN3O2S2. The molecule has 37 heavy (non-hydrogen) atoms. The number of amides is 2. The number of anilines is 1. The van der Waals surface area contributed by atoms with Gasteiger partial charge in [-0.25, -0.2) is 14.2 Å². The summed E-state index contributed by atoms with van der Waals surface area (Å²) >= 11 is 3.08. The maximum atomic E-state index is 13.7. The molecule has 8 heteroatoms. The van der Waals surface area contributed by atoms with Crippen molar-refractivity contribution in [2.75, 3.05) is 17.8 Å². The third-order valence-corrected chi connectivity index (χ3v) is 6.99. The molecule has 4 aromatic rings. The van der Waals surface area contributed by atoms with Crippen molar-refractivity contribution in [3.8, 4) is 11.5 Å². The fourth-order valence-electron chi connectivity index (χ4n) is 3.80. The predicted molar refractivity (Wildman–Crippen MR) is 150 cm³/mol. The van der Waals surface area contributed by atoms with E-state index in [1.165, 1.54) is 23.9 Å². The smallest absolute Gasteiger partial charge is 0.322 e. The van der Waals surface area contributed by atoms with Gasteiger partial charge in [0.25, 0.3) is 0 Å². The molecule has 190 valence electrons. The van der Waals surface area contributed by atoms with Crippen molar-refractivity contribution in [3.05, 3.63) is 108 Å². The summed E-state index contributed by atoms with van der Waals surface area (Å²) in [5.74, 6) is 0.835. The minimum absolute atomic E-state index is 0.218. The first-order chi connectivity index (χ1) is 17.9. The Morgan fingerprint density at radius 3 is 2.30 bits per heavy atom. The fourth-order valence-corrected chi connectivity index (χ4v) is 5.10. The molecule has 0 bridgehead atoms. The average molecular weight is 534 g/mol. The summed E-state index contributed by atoms with van der Waals surface area (Å²) in [6.45, 7) is 2.75. The van der Waals surface area contributed by atoms with E-state index in [1.807, 2.05) is 80.1 Å². The van der Waals surface area contributed by atoms with Crippen molar-refractivity contribution in [1.82, 2.24) is 9.88 Å². The van der Waals surface area contributed by atoms with Gasteiger partial charge in [-0.15, -0.1) is 23.5 Å². The predicted octanol–water partition coefficient (Wildman–Crippen LogP) is 8.00. The van der Waals surface area contributed by atoms with E-state index in [0.29, 0.717) is 24.6 Å². The van der Waals surface area contributed by atoms with E-state index in [2.05, 4.69) is 10.3 Å². The monoisotopic (exact) mass is 533 g/mol. The summed E-state index contributed by atoms with van der Waals surface area (Å²) in [5.41, 5.74) is 3.56. The number of nitrogens with one attached hydrogen (secondary N) is 1. The van der Waals surface area contributed by atoms with Gasteiger partial charge in [-0.2, -0.15) is 0 Å². The molecule has 1 N–H and O–H groups in total. The van der Waals surface area contributed by atoms with E-state index in [4.69, 9.17) is 4.74 Å². The third kappa shape index (κ3) is 7.27. The van der Waals surface area contributed by atoms with Crippen LogP contribution in [0.2, 0.25) is 0 Å². The van der Waals surface area contributed by atoms with Gasteiger partial charge in [-0.3, -0.25) is 0 Å². The number of carbonyl (C=O) groups is 1. The second-order valence-corrected chi connectivity index (χ2v) is 9.97. The Labute approximate surface area is 225 Å². The first-order valence-electron chi connectivity index (χ1n) is 11.7. The highest BCUT2D eigenvalue weighted by Gasteiger charge is 2.20. The number of rotatable bonds is 9. The van der Waals surface area contributed by atoms with Crippen LogP contribution in [-0.2, 0) is 13.1 Å². The summed E-state index contributed by atoms with van der Waals surface area (Å²) in [6, 6.07) is 25.1. The largest absolute Gasteiger partial charge is 0.457 e.